The van der Waals surface area contributed by atoms with E-state index in [1.165, 1.54) is 18.4 Å². The summed E-state index contributed by atoms with van der Waals surface area (Å²) in [4.78, 5) is 27.2. The van der Waals surface area contributed by atoms with E-state index in [1.807, 2.05) is 56.1 Å². The molecule has 0 aliphatic carbocycles. The van der Waals surface area contributed by atoms with Gasteiger partial charge in [0.25, 0.3) is 0 Å². The van der Waals surface area contributed by atoms with Gasteiger partial charge in [-0.2, -0.15) is 0 Å². The molecule has 2 rings (SSSR count). The summed E-state index contributed by atoms with van der Waals surface area (Å²) in [5, 5.41) is 3.39. The molecule has 0 aliphatic heterocycles. The summed E-state index contributed by atoms with van der Waals surface area (Å²) in [6.07, 6.45) is 0. The van der Waals surface area contributed by atoms with Crippen LogP contribution in [-0.4, -0.2) is 37.5 Å². The maximum Gasteiger partial charge on any atom is 0.341 e. The average Bonchev–Trinajstić information content (AvgIpc) is 2.81. The Morgan fingerprint density at radius 3 is 2.50 bits per heavy atom. The van der Waals surface area contributed by atoms with Crippen LogP contribution in [0.4, 0.5) is 5.00 Å². The molecule has 24 heavy (non-hydrogen) atoms. The van der Waals surface area contributed by atoms with Gasteiger partial charge in [0, 0.05) is 11.4 Å². The summed E-state index contributed by atoms with van der Waals surface area (Å²) in [5.41, 5.74) is 2.43. The predicted molar refractivity (Wildman–Crippen MR) is 96.5 cm³/mol. The van der Waals surface area contributed by atoms with Gasteiger partial charge in [-0.15, -0.1) is 11.3 Å². The van der Waals surface area contributed by atoms with Crippen LogP contribution in [0.1, 0.15) is 26.4 Å². The number of anilines is 1. The number of amides is 1. The van der Waals surface area contributed by atoms with Gasteiger partial charge in [-0.1, -0.05) is 30.3 Å². The molecule has 1 aromatic heterocycles. The maximum absolute atomic E-state index is 12.3. The number of likely N-dealkylation sites (N-methyl/N-ethyl adjacent to an activating group) is 1. The minimum Gasteiger partial charge on any atom is -0.465 e. The Morgan fingerprint density at radius 1 is 1.21 bits per heavy atom. The van der Waals surface area contributed by atoms with E-state index >= 15 is 0 Å². The van der Waals surface area contributed by atoms with Crippen LogP contribution in [0.3, 0.4) is 0 Å². The lowest BCUT2D eigenvalue weighted by Gasteiger charge is -2.16. The van der Waals surface area contributed by atoms with Crippen molar-refractivity contribution >= 4 is 28.2 Å². The monoisotopic (exact) mass is 346 g/mol. The molecule has 1 N–H and O–H groups in total. The molecule has 0 saturated carbocycles. The third kappa shape index (κ3) is 4.43. The first-order chi connectivity index (χ1) is 11.4. The topological polar surface area (TPSA) is 58.6 Å². The fourth-order valence-electron chi connectivity index (χ4n) is 2.43. The van der Waals surface area contributed by atoms with Crippen molar-refractivity contribution in [2.24, 2.45) is 0 Å². The number of ether oxygens (including phenoxy) is 1. The molecule has 0 saturated heterocycles. The van der Waals surface area contributed by atoms with E-state index in [4.69, 9.17) is 4.74 Å². The van der Waals surface area contributed by atoms with Gasteiger partial charge in [-0.05, 0) is 32.0 Å². The van der Waals surface area contributed by atoms with Crippen molar-refractivity contribution in [2.45, 2.75) is 20.4 Å². The Morgan fingerprint density at radius 2 is 1.88 bits per heavy atom. The normalized spacial score (nSPS) is 10.7. The lowest BCUT2D eigenvalue weighted by Crippen LogP contribution is -2.30. The first-order valence-electron chi connectivity index (χ1n) is 7.63. The second-order valence-corrected chi connectivity index (χ2v) is 6.91. The van der Waals surface area contributed by atoms with Gasteiger partial charge in [0.15, 0.2) is 0 Å². The highest BCUT2D eigenvalue weighted by Gasteiger charge is 2.21. The largest absolute Gasteiger partial charge is 0.465 e. The number of rotatable bonds is 6. The second-order valence-electron chi connectivity index (χ2n) is 5.69. The Bertz CT molecular complexity index is 725. The molecule has 0 bridgehead atoms. The van der Waals surface area contributed by atoms with E-state index in [2.05, 4.69) is 5.32 Å². The van der Waals surface area contributed by atoms with Gasteiger partial charge in [0.2, 0.25) is 5.91 Å². The Kier molecular flexibility index (Phi) is 6.11. The van der Waals surface area contributed by atoms with Crippen LogP contribution in [0.5, 0.6) is 0 Å². The zero-order chi connectivity index (χ0) is 17.7. The van der Waals surface area contributed by atoms with Crippen molar-refractivity contribution in [1.29, 1.82) is 0 Å². The highest BCUT2D eigenvalue weighted by Crippen LogP contribution is 2.32. The molecule has 2 aromatic rings. The zero-order valence-corrected chi connectivity index (χ0v) is 15.2. The van der Waals surface area contributed by atoms with Gasteiger partial charge >= 0.3 is 5.97 Å². The van der Waals surface area contributed by atoms with Crippen molar-refractivity contribution in [3.63, 3.8) is 0 Å². The van der Waals surface area contributed by atoms with Crippen molar-refractivity contribution in [2.75, 3.05) is 26.0 Å². The fourth-order valence-corrected chi connectivity index (χ4v) is 3.49. The molecule has 0 unspecified atom stereocenters. The van der Waals surface area contributed by atoms with Crippen LogP contribution in [0.15, 0.2) is 30.3 Å². The van der Waals surface area contributed by atoms with Crippen molar-refractivity contribution in [3.05, 3.63) is 51.9 Å². The SMILES string of the molecule is COC(=O)c1c(NC(=O)CN(C)Cc2ccccc2)sc(C)c1C. The minimum atomic E-state index is -0.426. The van der Waals surface area contributed by atoms with E-state index in [9.17, 15) is 9.59 Å². The third-order valence-corrected chi connectivity index (χ3v) is 4.86. The van der Waals surface area contributed by atoms with Gasteiger partial charge in [0.05, 0.1) is 19.2 Å². The standard InChI is InChI=1S/C18H22N2O3S/c1-12-13(2)24-17(16(12)18(22)23-4)19-15(21)11-20(3)10-14-8-6-5-7-9-14/h5-9H,10-11H2,1-4H3,(H,19,21). The second kappa shape index (κ2) is 8.08. The number of nitrogens with zero attached hydrogens (tertiary/aromatic N) is 1. The van der Waals surface area contributed by atoms with Crippen molar-refractivity contribution in [3.8, 4) is 0 Å². The quantitative estimate of drug-likeness (QED) is 0.816. The van der Waals surface area contributed by atoms with E-state index in [0.717, 1.165) is 16.0 Å². The summed E-state index contributed by atoms with van der Waals surface area (Å²) in [7, 11) is 3.23. The van der Waals surface area contributed by atoms with Crippen LogP contribution in [0.2, 0.25) is 0 Å². The number of nitrogens with one attached hydrogen (secondary N) is 1. The molecular formula is C18H22N2O3S. The number of esters is 1. The van der Waals surface area contributed by atoms with Crippen LogP contribution >= 0.6 is 11.3 Å². The Hall–Kier alpha value is -2.18. The zero-order valence-electron chi connectivity index (χ0n) is 14.4. The summed E-state index contributed by atoms with van der Waals surface area (Å²) < 4.78 is 4.82. The number of methoxy groups -OCH3 is 1. The lowest BCUT2D eigenvalue weighted by molar-refractivity contribution is -0.117. The number of aryl methyl sites for hydroxylation is 1. The van der Waals surface area contributed by atoms with E-state index in [-0.39, 0.29) is 12.5 Å². The molecule has 1 amide bonds. The lowest BCUT2D eigenvalue weighted by atomic mass is 10.1. The van der Waals surface area contributed by atoms with E-state index in [1.54, 1.807) is 0 Å². The summed E-state index contributed by atoms with van der Waals surface area (Å²) >= 11 is 1.39. The first-order valence-corrected chi connectivity index (χ1v) is 8.44. The maximum atomic E-state index is 12.3. The number of carbonyl (C=O) groups excluding carboxylic acids is 2. The fraction of sp³-hybridized carbons (Fsp3) is 0.333. The summed E-state index contributed by atoms with van der Waals surface area (Å²) in [6, 6.07) is 9.96. The molecular weight excluding hydrogens is 324 g/mol. The molecule has 1 aromatic carbocycles. The Labute approximate surface area is 146 Å². The predicted octanol–water partition coefficient (Wildman–Crippen LogP) is 3.22. The molecule has 0 aliphatic rings. The summed E-state index contributed by atoms with van der Waals surface area (Å²) in [6.45, 7) is 4.70. The van der Waals surface area contributed by atoms with Gasteiger partial charge in [-0.25, -0.2) is 4.79 Å². The van der Waals surface area contributed by atoms with Gasteiger partial charge in [0.1, 0.15) is 5.00 Å². The highest BCUT2D eigenvalue weighted by molar-refractivity contribution is 7.16. The minimum absolute atomic E-state index is 0.153. The number of hydrogen-bond acceptors (Lipinski definition) is 5. The number of benzene rings is 1. The molecule has 5 nitrogen and oxygen atoms in total. The molecule has 0 radical (unpaired) electrons. The number of hydrogen-bond donors (Lipinski definition) is 1. The van der Waals surface area contributed by atoms with E-state index in [0.29, 0.717) is 17.1 Å². The molecule has 6 heteroatoms. The molecule has 1 heterocycles. The Balaban J connectivity index is 2.02. The first kappa shape index (κ1) is 18.2. The van der Waals surface area contributed by atoms with Crippen LogP contribution in [0.25, 0.3) is 0 Å². The highest BCUT2D eigenvalue weighted by atomic mass is 32.1. The molecule has 0 atom stereocenters. The number of carbonyl (C=O) groups is 2. The van der Waals surface area contributed by atoms with Crippen LogP contribution < -0.4 is 5.32 Å². The average molecular weight is 346 g/mol. The molecule has 128 valence electrons. The molecule has 0 fully saturated rings. The molecule has 0 spiro atoms. The smallest absolute Gasteiger partial charge is 0.341 e. The number of thiophene rings is 1. The summed E-state index contributed by atoms with van der Waals surface area (Å²) in [5.74, 6) is -0.579. The van der Waals surface area contributed by atoms with Gasteiger partial charge in [-0.3, -0.25) is 9.69 Å². The third-order valence-electron chi connectivity index (χ3n) is 3.74. The van der Waals surface area contributed by atoms with E-state index < -0.39 is 5.97 Å². The van der Waals surface area contributed by atoms with Crippen molar-refractivity contribution < 1.29 is 14.3 Å². The van der Waals surface area contributed by atoms with Crippen LogP contribution in [0, 0.1) is 13.8 Å². The van der Waals surface area contributed by atoms with Gasteiger partial charge < -0.3 is 10.1 Å². The van der Waals surface area contributed by atoms with Crippen molar-refractivity contribution in [1.82, 2.24) is 4.90 Å². The van der Waals surface area contributed by atoms with Crippen LogP contribution in [-0.2, 0) is 16.1 Å².